The Balaban J connectivity index is 1.94. The monoisotopic (exact) mass is 311 g/mol. The Bertz CT molecular complexity index is 613. The smallest absolute Gasteiger partial charge is 0.122 e. The molecule has 0 amide bonds. The van der Waals surface area contributed by atoms with Gasteiger partial charge in [0.05, 0.1) is 12.3 Å². The third kappa shape index (κ3) is 5.49. The molecule has 1 unspecified atom stereocenters. The maximum atomic E-state index is 5.67. The molecule has 0 fully saturated rings. The van der Waals surface area contributed by atoms with Crippen LogP contribution in [0.4, 0.5) is 0 Å². The van der Waals surface area contributed by atoms with Gasteiger partial charge in [0.2, 0.25) is 0 Å². The largest absolute Gasteiger partial charge is 0.494 e. The first kappa shape index (κ1) is 17.2. The molecule has 2 rings (SSSR count). The molecule has 23 heavy (non-hydrogen) atoms. The lowest BCUT2D eigenvalue weighted by Gasteiger charge is -2.15. The molecular weight excluding hydrogens is 286 g/mol. The highest BCUT2D eigenvalue weighted by Gasteiger charge is 2.07. The molecule has 0 saturated heterocycles. The van der Waals surface area contributed by atoms with Gasteiger partial charge in [-0.3, -0.25) is 9.97 Å². The molecule has 0 spiro atoms. The van der Waals surface area contributed by atoms with Crippen molar-refractivity contribution in [2.24, 2.45) is 0 Å². The van der Waals surface area contributed by atoms with Gasteiger partial charge in [0.1, 0.15) is 5.75 Å². The van der Waals surface area contributed by atoms with Gasteiger partial charge in [-0.15, -0.1) is 6.58 Å². The standard InChI is InChI=1S/C19H25N3O/c1-4-6-17-12-16(7-8-19(17)23-5-2)13-22-15(3)11-18-14-20-9-10-21-18/h4,7-10,12,14-15,22H,1,5-6,11,13H2,2-3H3. The van der Waals surface area contributed by atoms with Crippen molar-refractivity contribution in [2.75, 3.05) is 6.61 Å². The van der Waals surface area contributed by atoms with Crippen LogP contribution in [0.2, 0.25) is 0 Å². The van der Waals surface area contributed by atoms with E-state index in [-0.39, 0.29) is 0 Å². The summed E-state index contributed by atoms with van der Waals surface area (Å²) in [6.45, 7) is 9.48. The number of allylic oxidation sites excluding steroid dienone is 1. The zero-order valence-corrected chi connectivity index (χ0v) is 14.0. The van der Waals surface area contributed by atoms with Crippen LogP contribution in [0.1, 0.15) is 30.7 Å². The number of nitrogens with one attached hydrogen (secondary N) is 1. The Labute approximate surface area is 138 Å². The van der Waals surface area contributed by atoms with Gasteiger partial charge < -0.3 is 10.1 Å². The van der Waals surface area contributed by atoms with Gasteiger partial charge in [-0.2, -0.15) is 0 Å². The predicted octanol–water partition coefficient (Wildman–Crippen LogP) is 3.32. The molecule has 0 aliphatic rings. The minimum absolute atomic E-state index is 0.334. The van der Waals surface area contributed by atoms with E-state index in [2.05, 4.69) is 40.9 Å². The van der Waals surface area contributed by atoms with E-state index in [4.69, 9.17) is 4.74 Å². The van der Waals surface area contributed by atoms with Crippen LogP contribution in [0.15, 0.2) is 49.4 Å². The van der Waals surface area contributed by atoms with Gasteiger partial charge in [0.25, 0.3) is 0 Å². The van der Waals surface area contributed by atoms with Crippen molar-refractivity contribution in [1.82, 2.24) is 15.3 Å². The SMILES string of the molecule is C=CCc1cc(CNC(C)Cc2cnccn2)ccc1OCC. The summed E-state index contributed by atoms with van der Waals surface area (Å²) in [6.07, 6.45) is 8.84. The quantitative estimate of drug-likeness (QED) is 0.722. The topological polar surface area (TPSA) is 47.0 Å². The summed E-state index contributed by atoms with van der Waals surface area (Å²) >= 11 is 0. The van der Waals surface area contributed by atoms with Crippen molar-refractivity contribution < 1.29 is 4.74 Å². The molecule has 0 aliphatic carbocycles. The average Bonchev–Trinajstić information content (AvgIpc) is 2.56. The second-order valence-electron chi connectivity index (χ2n) is 5.55. The van der Waals surface area contributed by atoms with Crippen LogP contribution in [-0.2, 0) is 19.4 Å². The molecule has 0 saturated carbocycles. The Hall–Kier alpha value is -2.20. The average molecular weight is 311 g/mol. The Morgan fingerprint density at radius 3 is 2.91 bits per heavy atom. The van der Waals surface area contributed by atoms with E-state index in [1.807, 2.05) is 25.3 Å². The van der Waals surface area contributed by atoms with Crippen molar-refractivity contribution in [2.45, 2.75) is 39.3 Å². The molecule has 1 atom stereocenters. The van der Waals surface area contributed by atoms with Crippen LogP contribution in [0, 0.1) is 0 Å². The summed E-state index contributed by atoms with van der Waals surface area (Å²) < 4.78 is 5.67. The summed E-state index contributed by atoms with van der Waals surface area (Å²) in [6, 6.07) is 6.68. The van der Waals surface area contributed by atoms with Crippen LogP contribution in [-0.4, -0.2) is 22.6 Å². The Morgan fingerprint density at radius 1 is 1.35 bits per heavy atom. The second-order valence-corrected chi connectivity index (χ2v) is 5.55. The first-order chi connectivity index (χ1) is 11.2. The van der Waals surface area contributed by atoms with Crippen molar-refractivity contribution in [3.63, 3.8) is 0 Å². The Morgan fingerprint density at radius 2 is 2.22 bits per heavy atom. The fourth-order valence-electron chi connectivity index (χ4n) is 2.47. The minimum atomic E-state index is 0.334. The van der Waals surface area contributed by atoms with Crippen LogP contribution in [0.25, 0.3) is 0 Å². The second kappa shape index (κ2) is 9.06. The number of rotatable bonds is 9. The van der Waals surface area contributed by atoms with Crippen LogP contribution in [0.5, 0.6) is 5.75 Å². The third-order valence-electron chi connectivity index (χ3n) is 3.58. The van der Waals surface area contributed by atoms with Crippen molar-refractivity contribution in [1.29, 1.82) is 0 Å². The molecule has 4 nitrogen and oxygen atoms in total. The highest BCUT2D eigenvalue weighted by Crippen LogP contribution is 2.21. The maximum absolute atomic E-state index is 5.67. The van der Waals surface area contributed by atoms with E-state index in [0.29, 0.717) is 12.6 Å². The van der Waals surface area contributed by atoms with E-state index >= 15 is 0 Å². The van der Waals surface area contributed by atoms with E-state index in [0.717, 1.165) is 30.8 Å². The van der Waals surface area contributed by atoms with Gasteiger partial charge in [0, 0.05) is 37.6 Å². The lowest BCUT2D eigenvalue weighted by Crippen LogP contribution is -2.28. The minimum Gasteiger partial charge on any atom is -0.494 e. The van der Waals surface area contributed by atoms with Gasteiger partial charge in [-0.25, -0.2) is 0 Å². The number of ether oxygens (including phenoxy) is 1. The summed E-state index contributed by atoms with van der Waals surface area (Å²) in [7, 11) is 0. The summed E-state index contributed by atoms with van der Waals surface area (Å²) in [5, 5.41) is 3.53. The van der Waals surface area contributed by atoms with Gasteiger partial charge >= 0.3 is 0 Å². The predicted molar refractivity (Wildman–Crippen MR) is 93.5 cm³/mol. The van der Waals surface area contributed by atoms with Crippen molar-refractivity contribution >= 4 is 0 Å². The van der Waals surface area contributed by atoms with Crippen molar-refractivity contribution in [3.05, 3.63) is 66.3 Å². The molecule has 1 heterocycles. The van der Waals surface area contributed by atoms with E-state index in [1.54, 1.807) is 12.4 Å². The zero-order chi connectivity index (χ0) is 16.5. The zero-order valence-electron chi connectivity index (χ0n) is 14.0. The number of nitrogens with zero attached hydrogens (tertiary/aromatic N) is 2. The normalized spacial score (nSPS) is 11.9. The lowest BCUT2D eigenvalue weighted by atomic mass is 10.1. The molecule has 0 radical (unpaired) electrons. The molecule has 1 aromatic heterocycles. The van der Waals surface area contributed by atoms with Crippen LogP contribution < -0.4 is 10.1 Å². The highest BCUT2D eigenvalue weighted by molar-refractivity contribution is 5.38. The molecule has 4 heteroatoms. The fourth-order valence-corrected chi connectivity index (χ4v) is 2.47. The van der Waals surface area contributed by atoms with E-state index in [1.165, 1.54) is 11.1 Å². The molecule has 0 aliphatic heterocycles. The van der Waals surface area contributed by atoms with Gasteiger partial charge in [0.15, 0.2) is 0 Å². The van der Waals surface area contributed by atoms with Crippen LogP contribution >= 0.6 is 0 Å². The number of benzene rings is 1. The van der Waals surface area contributed by atoms with E-state index < -0.39 is 0 Å². The summed E-state index contributed by atoms with van der Waals surface area (Å²) in [5.74, 6) is 0.948. The molecule has 0 bridgehead atoms. The molecule has 2 aromatic rings. The van der Waals surface area contributed by atoms with Gasteiger partial charge in [-0.1, -0.05) is 18.2 Å². The van der Waals surface area contributed by atoms with Crippen LogP contribution in [0.3, 0.4) is 0 Å². The van der Waals surface area contributed by atoms with Crippen molar-refractivity contribution in [3.8, 4) is 5.75 Å². The summed E-state index contributed by atoms with van der Waals surface area (Å²) in [4.78, 5) is 8.42. The molecule has 1 N–H and O–H groups in total. The van der Waals surface area contributed by atoms with E-state index in [9.17, 15) is 0 Å². The molecule has 1 aromatic carbocycles. The fraction of sp³-hybridized carbons (Fsp3) is 0.368. The number of hydrogen-bond acceptors (Lipinski definition) is 4. The lowest BCUT2D eigenvalue weighted by molar-refractivity contribution is 0.337. The maximum Gasteiger partial charge on any atom is 0.122 e. The molecular formula is C19H25N3O. The number of aromatic nitrogens is 2. The first-order valence-corrected chi connectivity index (χ1v) is 8.06. The highest BCUT2D eigenvalue weighted by atomic mass is 16.5. The van der Waals surface area contributed by atoms with Gasteiger partial charge in [-0.05, 0) is 37.5 Å². The third-order valence-corrected chi connectivity index (χ3v) is 3.58. The summed E-state index contributed by atoms with van der Waals surface area (Å²) in [5.41, 5.74) is 3.44. The first-order valence-electron chi connectivity index (χ1n) is 8.06. The number of hydrogen-bond donors (Lipinski definition) is 1. The Kier molecular flexibility index (Phi) is 6.76. The molecule has 122 valence electrons.